The Balaban J connectivity index is 0.000000336. The number of rotatable bonds is 6. The molecule has 3 aliphatic rings. The Hall–Kier alpha value is -1.62. The van der Waals surface area contributed by atoms with Gasteiger partial charge in [-0.1, -0.05) is 73.3 Å². The van der Waals surface area contributed by atoms with E-state index < -0.39 is 0 Å². The maximum atomic E-state index is 6.30. The lowest BCUT2D eigenvalue weighted by molar-refractivity contribution is 0.0863. The van der Waals surface area contributed by atoms with Crippen LogP contribution in [0.25, 0.3) is 0 Å². The van der Waals surface area contributed by atoms with Gasteiger partial charge >= 0.3 is 0 Å². The minimum absolute atomic E-state index is 0.403. The Morgan fingerprint density at radius 3 is 1.94 bits per heavy atom. The van der Waals surface area contributed by atoms with Gasteiger partial charge in [0.2, 0.25) is 0 Å². The highest BCUT2D eigenvalue weighted by Crippen LogP contribution is 2.26. The highest BCUT2D eigenvalue weighted by Gasteiger charge is 2.23. The summed E-state index contributed by atoms with van der Waals surface area (Å²) in [5.41, 5.74) is 1.42. The minimum Gasteiger partial charge on any atom is -0.490 e. The van der Waals surface area contributed by atoms with Crippen molar-refractivity contribution in [3.63, 3.8) is 0 Å². The molecule has 0 N–H and O–H groups in total. The van der Waals surface area contributed by atoms with E-state index in [4.69, 9.17) is 4.74 Å². The standard InChI is InChI=1S/C24H38N2O.C6H8Si/c1-3-7-21(8-4-1)19-26-17-13-24(14-18-26)27-23-11-9-22(10-12-23)20-25-15-5-2-6-16-25;7-6-4-2-1-3-5-6/h9-12,21,24H,1-8,13-20H2;1-5H,7H3. The zero-order chi connectivity index (χ0) is 23.4. The van der Waals surface area contributed by atoms with Crippen LogP contribution in [-0.4, -0.2) is 58.9 Å². The maximum absolute atomic E-state index is 6.30. The zero-order valence-electron chi connectivity index (χ0n) is 21.5. The summed E-state index contributed by atoms with van der Waals surface area (Å²) in [7, 11) is 1.17. The summed E-state index contributed by atoms with van der Waals surface area (Å²) in [5, 5.41) is 1.46. The molecule has 0 unspecified atom stereocenters. The van der Waals surface area contributed by atoms with Crippen molar-refractivity contribution in [2.75, 3.05) is 32.7 Å². The van der Waals surface area contributed by atoms with E-state index in [-0.39, 0.29) is 0 Å². The summed E-state index contributed by atoms with van der Waals surface area (Å²) in [6.45, 7) is 7.38. The average Bonchev–Trinajstić information content (AvgIpc) is 2.89. The first-order valence-corrected chi connectivity index (χ1v) is 15.0. The van der Waals surface area contributed by atoms with Gasteiger partial charge in [0.1, 0.15) is 11.9 Å². The average molecular weight is 479 g/mol. The molecule has 2 heterocycles. The van der Waals surface area contributed by atoms with E-state index in [1.165, 1.54) is 118 Å². The molecule has 4 heteroatoms. The van der Waals surface area contributed by atoms with Crippen molar-refractivity contribution in [3.8, 4) is 5.75 Å². The number of hydrogen-bond donors (Lipinski definition) is 0. The van der Waals surface area contributed by atoms with Gasteiger partial charge in [-0.3, -0.25) is 4.90 Å². The highest BCUT2D eigenvalue weighted by atomic mass is 28.1. The molecule has 2 saturated heterocycles. The van der Waals surface area contributed by atoms with Gasteiger partial charge in [-0.15, -0.1) is 0 Å². The van der Waals surface area contributed by atoms with Crippen molar-refractivity contribution in [2.45, 2.75) is 76.9 Å². The van der Waals surface area contributed by atoms with E-state index in [9.17, 15) is 0 Å². The molecule has 3 nitrogen and oxygen atoms in total. The molecule has 2 aromatic rings. The number of likely N-dealkylation sites (tertiary alicyclic amines) is 2. The van der Waals surface area contributed by atoms with Gasteiger partial charge in [0.15, 0.2) is 0 Å². The number of benzene rings is 2. The number of piperidine rings is 2. The van der Waals surface area contributed by atoms with Crippen LogP contribution in [0.3, 0.4) is 0 Å². The summed E-state index contributed by atoms with van der Waals surface area (Å²) in [5.74, 6) is 2.02. The predicted molar refractivity (Wildman–Crippen MR) is 148 cm³/mol. The fraction of sp³-hybridized carbons (Fsp3) is 0.600. The van der Waals surface area contributed by atoms with Crippen molar-refractivity contribution in [2.24, 2.45) is 5.92 Å². The van der Waals surface area contributed by atoms with E-state index in [0.29, 0.717) is 6.10 Å². The third-order valence-corrected chi connectivity index (χ3v) is 8.46. The minimum atomic E-state index is 0.403. The van der Waals surface area contributed by atoms with Gasteiger partial charge in [0.25, 0.3) is 0 Å². The second kappa shape index (κ2) is 14.1. The molecule has 1 saturated carbocycles. The van der Waals surface area contributed by atoms with Gasteiger partial charge in [-0.2, -0.15) is 0 Å². The summed E-state index contributed by atoms with van der Waals surface area (Å²) >= 11 is 0. The second-order valence-electron chi connectivity index (χ2n) is 10.8. The molecule has 0 atom stereocenters. The lowest BCUT2D eigenvalue weighted by atomic mass is 9.88. The van der Waals surface area contributed by atoms with Crippen molar-refractivity contribution < 1.29 is 4.74 Å². The molecular formula is C30H46N2OSi. The molecule has 34 heavy (non-hydrogen) atoms. The van der Waals surface area contributed by atoms with Crippen LogP contribution < -0.4 is 9.92 Å². The Morgan fingerprint density at radius 1 is 0.676 bits per heavy atom. The van der Waals surface area contributed by atoms with Crippen molar-refractivity contribution in [1.82, 2.24) is 9.80 Å². The lowest BCUT2D eigenvalue weighted by Gasteiger charge is -2.35. The molecule has 3 fully saturated rings. The van der Waals surface area contributed by atoms with Crippen LogP contribution in [0.4, 0.5) is 0 Å². The van der Waals surface area contributed by atoms with E-state index in [2.05, 4.69) is 58.3 Å². The fourth-order valence-electron chi connectivity index (χ4n) is 5.72. The molecule has 0 radical (unpaired) electrons. The van der Waals surface area contributed by atoms with E-state index >= 15 is 0 Å². The SMILES string of the molecule is [SiH3]c1ccccc1.c1cc(OC2CCN(CC3CCCCC3)CC2)ccc1CN1CCCCC1. The number of ether oxygens (including phenoxy) is 1. The Kier molecular flexibility index (Phi) is 10.5. The summed E-state index contributed by atoms with van der Waals surface area (Å²) in [6, 6.07) is 19.4. The zero-order valence-corrected chi connectivity index (χ0v) is 23.5. The highest BCUT2D eigenvalue weighted by molar-refractivity contribution is 6.32. The number of nitrogens with zero attached hydrogens (tertiary/aromatic N) is 2. The van der Waals surface area contributed by atoms with E-state index in [1.54, 1.807) is 0 Å². The molecule has 0 bridgehead atoms. The monoisotopic (exact) mass is 478 g/mol. The Labute approximate surface area is 211 Å². The van der Waals surface area contributed by atoms with Crippen LogP contribution in [0.2, 0.25) is 0 Å². The van der Waals surface area contributed by atoms with Gasteiger partial charge in [0.05, 0.1) is 0 Å². The van der Waals surface area contributed by atoms with Crippen LogP contribution >= 0.6 is 0 Å². The molecule has 5 rings (SSSR count). The topological polar surface area (TPSA) is 15.7 Å². The summed E-state index contributed by atoms with van der Waals surface area (Å²) < 4.78 is 6.30. The van der Waals surface area contributed by atoms with Crippen molar-refractivity contribution >= 4 is 15.4 Å². The molecule has 2 aliphatic heterocycles. The second-order valence-corrected chi connectivity index (χ2v) is 11.9. The third kappa shape index (κ3) is 8.87. The smallest absolute Gasteiger partial charge is 0.119 e. The summed E-state index contributed by atoms with van der Waals surface area (Å²) in [4.78, 5) is 5.28. The molecule has 0 amide bonds. The molecule has 0 aromatic heterocycles. The van der Waals surface area contributed by atoms with Crippen LogP contribution in [0.15, 0.2) is 54.6 Å². The van der Waals surface area contributed by atoms with Gasteiger partial charge in [-0.05, 0) is 75.2 Å². The molecule has 1 aliphatic carbocycles. The Morgan fingerprint density at radius 2 is 1.32 bits per heavy atom. The van der Waals surface area contributed by atoms with Gasteiger partial charge in [-0.25, -0.2) is 0 Å². The van der Waals surface area contributed by atoms with Crippen LogP contribution in [-0.2, 0) is 6.54 Å². The quantitative estimate of drug-likeness (QED) is 0.556. The van der Waals surface area contributed by atoms with Crippen LogP contribution in [0, 0.1) is 5.92 Å². The van der Waals surface area contributed by atoms with Crippen molar-refractivity contribution in [3.05, 3.63) is 60.2 Å². The first kappa shape index (κ1) is 25.5. The Bertz CT molecular complexity index is 792. The third-order valence-electron chi connectivity index (χ3n) is 7.80. The van der Waals surface area contributed by atoms with Gasteiger partial charge < -0.3 is 9.64 Å². The van der Waals surface area contributed by atoms with E-state index in [0.717, 1.165) is 18.2 Å². The molecular weight excluding hydrogens is 432 g/mol. The first-order valence-electron chi connectivity index (χ1n) is 14.0. The fourth-order valence-corrected chi connectivity index (χ4v) is 6.11. The molecule has 186 valence electrons. The van der Waals surface area contributed by atoms with Gasteiger partial charge in [0, 0.05) is 36.4 Å². The van der Waals surface area contributed by atoms with Crippen LogP contribution in [0.1, 0.15) is 69.8 Å². The maximum Gasteiger partial charge on any atom is 0.119 e. The normalized spacial score (nSPS) is 21.1. The summed E-state index contributed by atoms with van der Waals surface area (Å²) in [6.07, 6.45) is 14.2. The number of hydrogen-bond acceptors (Lipinski definition) is 3. The predicted octanol–water partition coefficient (Wildman–Crippen LogP) is 4.77. The first-order chi connectivity index (χ1) is 16.7. The van der Waals surface area contributed by atoms with Crippen molar-refractivity contribution in [1.29, 1.82) is 0 Å². The van der Waals surface area contributed by atoms with Crippen LogP contribution in [0.5, 0.6) is 5.75 Å². The van der Waals surface area contributed by atoms with E-state index in [1.807, 2.05) is 6.07 Å². The molecule has 0 spiro atoms. The lowest BCUT2D eigenvalue weighted by Crippen LogP contribution is -2.40. The largest absolute Gasteiger partial charge is 0.490 e. The molecule has 2 aromatic carbocycles.